The van der Waals surface area contributed by atoms with Crippen LogP contribution in [0.5, 0.6) is 16.7 Å². The third-order valence-electron chi connectivity index (χ3n) is 6.09. The fraction of sp³-hybridized carbons (Fsp3) is 0.222. The minimum Gasteiger partial charge on any atom is -0.493 e. The lowest BCUT2D eigenvalue weighted by atomic mass is 10.1. The molecule has 3 aromatic carbocycles. The summed E-state index contributed by atoms with van der Waals surface area (Å²) < 4.78 is 28.9. The molecule has 0 spiro atoms. The average molecular weight is 539 g/mol. The first kappa shape index (κ1) is 25.0. The first-order chi connectivity index (χ1) is 18.0. The van der Waals surface area contributed by atoms with Gasteiger partial charge < -0.3 is 19.3 Å². The number of hydrogen-bond acceptors (Lipinski definition) is 7. The van der Waals surface area contributed by atoms with Crippen LogP contribution in [0.15, 0.2) is 66.7 Å². The number of nitrogens with zero attached hydrogens (tertiary/aromatic N) is 4. The summed E-state index contributed by atoms with van der Waals surface area (Å²) in [5.41, 5.74) is 2.37. The first-order valence-electron chi connectivity index (χ1n) is 11.7. The molecule has 0 saturated carbocycles. The van der Waals surface area contributed by atoms with Crippen molar-refractivity contribution in [3.8, 4) is 16.7 Å². The quantitative estimate of drug-likeness (QED) is 0.301. The number of aromatic nitrogens is 2. The standard InChI is InChI=1S/C27H24ClFN4O3S/c1-35-23-11-8-19(26(34)33-14-12-32(13-15-33)22-5-3-2-4-21(22)28)17-24(23)36-27-30-25(31-37-27)16-18-6-9-20(29)10-7-18/h2-11,17H,12-16H2,1H3. The summed E-state index contributed by atoms with van der Waals surface area (Å²) >= 11 is 7.45. The van der Waals surface area contributed by atoms with Crippen molar-refractivity contribution in [2.24, 2.45) is 0 Å². The minimum atomic E-state index is -0.289. The fourth-order valence-electron chi connectivity index (χ4n) is 4.16. The molecule has 7 nitrogen and oxygen atoms in total. The van der Waals surface area contributed by atoms with Crippen LogP contribution in [0.3, 0.4) is 0 Å². The van der Waals surface area contributed by atoms with Crippen LogP contribution in [0.1, 0.15) is 21.7 Å². The highest BCUT2D eigenvalue weighted by Gasteiger charge is 2.24. The number of amides is 1. The summed E-state index contributed by atoms with van der Waals surface area (Å²) in [7, 11) is 1.54. The molecule has 4 aromatic rings. The molecule has 190 valence electrons. The van der Waals surface area contributed by atoms with Gasteiger partial charge in [-0.2, -0.15) is 9.36 Å². The number of hydrogen-bond donors (Lipinski definition) is 0. The maximum Gasteiger partial charge on any atom is 0.298 e. The number of rotatable bonds is 7. The van der Waals surface area contributed by atoms with Gasteiger partial charge in [-0.1, -0.05) is 35.9 Å². The van der Waals surface area contributed by atoms with Crippen LogP contribution >= 0.6 is 23.1 Å². The second kappa shape index (κ2) is 11.1. The van der Waals surface area contributed by atoms with Crippen LogP contribution in [0.25, 0.3) is 0 Å². The van der Waals surface area contributed by atoms with Crippen molar-refractivity contribution in [3.63, 3.8) is 0 Å². The van der Waals surface area contributed by atoms with Gasteiger partial charge in [0.15, 0.2) is 17.3 Å². The summed E-state index contributed by atoms with van der Waals surface area (Å²) in [5.74, 6) is 1.06. The second-order valence-electron chi connectivity index (χ2n) is 8.48. The van der Waals surface area contributed by atoms with E-state index in [4.69, 9.17) is 21.1 Å². The van der Waals surface area contributed by atoms with Gasteiger partial charge in [0.05, 0.1) is 17.8 Å². The summed E-state index contributed by atoms with van der Waals surface area (Å²) in [6, 6.07) is 19.0. The number of carbonyl (C=O) groups excluding carboxylic acids is 1. The molecular formula is C27H24ClFN4O3S. The van der Waals surface area contributed by atoms with E-state index in [9.17, 15) is 9.18 Å². The normalized spacial score (nSPS) is 13.5. The Morgan fingerprint density at radius 1 is 1.03 bits per heavy atom. The lowest BCUT2D eigenvalue weighted by Crippen LogP contribution is -2.48. The van der Waals surface area contributed by atoms with E-state index in [1.165, 1.54) is 19.2 Å². The van der Waals surface area contributed by atoms with Gasteiger partial charge in [0.2, 0.25) is 0 Å². The van der Waals surface area contributed by atoms with Crippen LogP contribution in [-0.4, -0.2) is 53.5 Å². The second-order valence-corrected chi connectivity index (χ2v) is 9.60. The van der Waals surface area contributed by atoms with E-state index >= 15 is 0 Å². The van der Waals surface area contributed by atoms with E-state index in [2.05, 4.69) is 14.3 Å². The number of ether oxygens (including phenoxy) is 2. The van der Waals surface area contributed by atoms with Gasteiger partial charge in [-0.15, -0.1) is 0 Å². The van der Waals surface area contributed by atoms with Crippen LogP contribution in [0.4, 0.5) is 10.1 Å². The molecule has 2 heterocycles. The maximum atomic E-state index is 13.3. The Morgan fingerprint density at radius 2 is 1.78 bits per heavy atom. The SMILES string of the molecule is COc1ccc(C(=O)N2CCN(c3ccccc3Cl)CC2)cc1Oc1nc(Cc2ccc(F)cc2)ns1. The van der Waals surface area contributed by atoms with Gasteiger partial charge >= 0.3 is 0 Å². The Hall–Kier alpha value is -3.69. The number of piperazine rings is 1. The highest BCUT2D eigenvalue weighted by molar-refractivity contribution is 7.07. The van der Waals surface area contributed by atoms with Crippen molar-refractivity contribution in [1.29, 1.82) is 0 Å². The molecule has 1 aliphatic rings. The molecule has 1 aliphatic heterocycles. The summed E-state index contributed by atoms with van der Waals surface area (Å²) in [5, 5.41) is 1.03. The van der Waals surface area contributed by atoms with E-state index < -0.39 is 0 Å². The van der Waals surface area contributed by atoms with Gasteiger partial charge in [-0.25, -0.2) is 4.39 Å². The van der Waals surface area contributed by atoms with Crippen molar-refractivity contribution in [2.45, 2.75) is 6.42 Å². The van der Waals surface area contributed by atoms with Crippen LogP contribution in [0.2, 0.25) is 5.02 Å². The van der Waals surface area contributed by atoms with E-state index in [1.54, 1.807) is 30.3 Å². The molecule has 1 saturated heterocycles. The summed E-state index contributed by atoms with van der Waals surface area (Å²) in [4.78, 5) is 21.7. The van der Waals surface area contributed by atoms with E-state index in [-0.39, 0.29) is 11.7 Å². The van der Waals surface area contributed by atoms with Crippen molar-refractivity contribution in [2.75, 3.05) is 38.2 Å². The minimum absolute atomic E-state index is 0.0828. The van der Waals surface area contributed by atoms with Gasteiger partial charge in [0.1, 0.15) is 5.82 Å². The molecule has 1 fully saturated rings. The molecule has 0 radical (unpaired) electrons. The van der Waals surface area contributed by atoms with Crippen LogP contribution < -0.4 is 14.4 Å². The smallest absolute Gasteiger partial charge is 0.298 e. The number of carbonyl (C=O) groups is 1. The van der Waals surface area contributed by atoms with Crippen molar-refractivity contribution >= 4 is 34.7 Å². The van der Waals surface area contributed by atoms with Crippen molar-refractivity contribution in [1.82, 2.24) is 14.3 Å². The predicted octanol–water partition coefficient (Wildman–Crippen LogP) is 5.68. The zero-order valence-electron chi connectivity index (χ0n) is 20.1. The Labute approximate surface area is 223 Å². The number of methoxy groups -OCH3 is 1. The summed E-state index contributed by atoms with van der Waals surface area (Å²) in [6.07, 6.45) is 0.454. The third-order valence-corrected chi connectivity index (χ3v) is 7.05. The lowest BCUT2D eigenvalue weighted by Gasteiger charge is -2.36. The number of benzene rings is 3. The Morgan fingerprint density at radius 3 is 2.51 bits per heavy atom. The zero-order valence-corrected chi connectivity index (χ0v) is 21.6. The third kappa shape index (κ3) is 5.84. The van der Waals surface area contributed by atoms with Crippen molar-refractivity contribution in [3.05, 3.63) is 94.5 Å². The van der Waals surface area contributed by atoms with E-state index in [1.807, 2.05) is 29.2 Å². The van der Waals surface area contributed by atoms with Crippen LogP contribution in [-0.2, 0) is 6.42 Å². The van der Waals surface area contributed by atoms with E-state index in [0.717, 1.165) is 22.8 Å². The molecule has 0 atom stereocenters. The van der Waals surface area contributed by atoms with Gasteiger partial charge in [-0.05, 0) is 48.0 Å². The predicted molar refractivity (Wildman–Crippen MR) is 142 cm³/mol. The topological polar surface area (TPSA) is 67.8 Å². The zero-order chi connectivity index (χ0) is 25.8. The Balaban J connectivity index is 1.26. The molecule has 0 aliphatic carbocycles. The lowest BCUT2D eigenvalue weighted by molar-refractivity contribution is 0.0746. The first-order valence-corrected chi connectivity index (χ1v) is 12.9. The maximum absolute atomic E-state index is 13.3. The Bertz CT molecular complexity index is 1390. The molecule has 10 heteroatoms. The van der Waals surface area contributed by atoms with Crippen LogP contribution in [0, 0.1) is 5.82 Å². The largest absolute Gasteiger partial charge is 0.493 e. The summed E-state index contributed by atoms with van der Waals surface area (Å²) in [6.45, 7) is 2.54. The monoisotopic (exact) mass is 538 g/mol. The Kier molecular flexibility index (Phi) is 7.52. The van der Waals surface area contributed by atoms with Crippen molar-refractivity contribution < 1.29 is 18.7 Å². The van der Waals surface area contributed by atoms with E-state index in [0.29, 0.717) is 65.7 Å². The van der Waals surface area contributed by atoms with Gasteiger partial charge in [-0.3, -0.25) is 4.79 Å². The molecule has 5 rings (SSSR count). The number of para-hydroxylation sites is 1. The molecular weight excluding hydrogens is 515 g/mol. The number of halogens is 2. The average Bonchev–Trinajstić information content (AvgIpc) is 3.36. The highest BCUT2D eigenvalue weighted by atomic mass is 35.5. The molecule has 1 amide bonds. The molecule has 1 aromatic heterocycles. The highest BCUT2D eigenvalue weighted by Crippen LogP contribution is 2.34. The fourth-order valence-corrected chi connectivity index (χ4v) is 4.98. The molecule has 0 bridgehead atoms. The molecule has 0 N–H and O–H groups in total. The van der Waals surface area contributed by atoms with Gasteiger partial charge in [0, 0.05) is 49.7 Å². The number of anilines is 1. The van der Waals surface area contributed by atoms with Gasteiger partial charge in [0.25, 0.3) is 11.1 Å². The molecule has 0 unspecified atom stereocenters. The molecule has 37 heavy (non-hydrogen) atoms.